The minimum absolute atomic E-state index is 0.0427. The van der Waals surface area contributed by atoms with Crippen LogP contribution in [0.2, 0.25) is 0 Å². The summed E-state index contributed by atoms with van der Waals surface area (Å²) >= 11 is 0. The molecule has 4 aromatic rings. The highest BCUT2D eigenvalue weighted by molar-refractivity contribution is 5.96. The topological polar surface area (TPSA) is 141 Å². The monoisotopic (exact) mass is 557 g/mol. The predicted molar refractivity (Wildman–Crippen MR) is 142 cm³/mol. The van der Waals surface area contributed by atoms with Gasteiger partial charge in [0.15, 0.2) is 0 Å². The highest BCUT2D eigenvalue weighted by atomic mass is 19.3. The van der Waals surface area contributed by atoms with Crippen LogP contribution in [0.1, 0.15) is 58.5 Å². The number of nitrogens with one attached hydrogen (secondary N) is 1. The van der Waals surface area contributed by atoms with E-state index in [1.165, 1.54) is 24.5 Å². The van der Waals surface area contributed by atoms with Crippen molar-refractivity contribution in [2.24, 2.45) is 11.1 Å². The number of benzene rings is 2. The van der Waals surface area contributed by atoms with Crippen molar-refractivity contribution in [3.8, 4) is 28.8 Å². The molecule has 2 aliphatic rings. The average molecular weight is 558 g/mol. The van der Waals surface area contributed by atoms with E-state index in [1.807, 2.05) is 36.4 Å². The van der Waals surface area contributed by atoms with Crippen molar-refractivity contribution in [2.45, 2.75) is 44.4 Å². The molecular formula is C29H25F2N7O3. The normalized spacial score (nSPS) is 21.1. The number of nitriles is 1. The molecule has 0 unspecified atom stereocenters. The lowest BCUT2D eigenvalue weighted by atomic mass is 9.53. The summed E-state index contributed by atoms with van der Waals surface area (Å²) in [5.74, 6) is -0.749. The van der Waals surface area contributed by atoms with Gasteiger partial charge in [-0.3, -0.25) is 9.59 Å². The third kappa shape index (κ3) is 5.14. The number of amides is 2. The predicted octanol–water partition coefficient (Wildman–Crippen LogP) is 4.22. The Balaban J connectivity index is 1.06. The van der Waals surface area contributed by atoms with Crippen LogP contribution in [0.15, 0.2) is 67.1 Å². The Morgan fingerprint density at radius 2 is 1.85 bits per heavy atom. The second-order valence-corrected chi connectivity index (χ2v) is 10.6. The fourth-order valence-electron chi connectivity index (χ4n) is 5.75. The molecule has 2 saturated carbocycles. The summed E-state index contributed by atoms with van der Waals surface area (Å²) in [4.78, 5) is 25.0. The van der Waals surface area contributed by atoms with Crippen LogP contribution in [-0.2, 0) is 0 Å². The van der Waals surface area contributed by atoms with Gasteiger partial charge in [-0.25, -0.2) is 9.36 Å². The molecule has 3 N–H and O–H groups in total. The number of nitrogens with zero attached hydrogens (tertiary/aromatic N) is 5. The van der Waals surface area contributed by atoms with Crippen LogP contribution in [-0.4, -0.2) is 43.5 Å². The number of primary amides is 1. The van der Waals surface area contributed by atoms with Crippen molar-refractivity contribution < 1.29 is 23.1 Å². The number of nitrogens with two attached hydrogens (primary N) is 1. The summed E-state index contributed by atoms with van der Waals surface area (Å²) in [5, 5.41) is 20.5. The summed E-state index contributed by atoms with van der Waals surface area (Å²) in [7, 11) is 0. The molecule has 0 atom stereocenters. The van der Waals surface area contributed by atoms with Gasteiger partial charge in [0, 0.05) is 29.6 Å². The smallest absolute Gasteiger partial charge is 0.333 e. The molecule has 2 aliphatic carbocycles. The summed E-state index contributed by atoms with van der Waals surface area (Å²) in [5.41, 5.74) is 7.94. The first-order valence-corrected chi connectivity index (χ1v) is 13.0. The van der Waals surface area contributed by atoms with Gasteiger partial charge < -0.3 is 15.8 Å². The zero-order valence-electron chi connectivity index (χ0n) is 21.7. The van der Waals surface area contributed by atoms with Crippen molar-refractivity contribution in [3.05, 3.63) is 83.8 Å². The van der Waals surface area contributed by atoms with E-state index >= 15 is 0 Å². The Morgan fingerprint density at radius 3 is 2.51 bits per heavy atom. The highest BCUT2D eigenvalue weighted by Crippen LogP contribution is 2.56. The molecule has 0 radical (unpaired) electrons. The third-order valence-electron chi connectivity index (χ3n) is 7.72. The average Bonchev–Trinajstić information content (AvgIpc) is 3.59. The second kappa shape index (κ2) is 10.2. The Labute approximate surface area is 233 Å². The summed E-state index contributed by atoms with van der Waals surface area (Å²) in [6.07, 6.45) is 6.95. The molecule has 0 saturated heterocycles. The van der Waals surface area contributed by atoms with Crippen molar-refractivity contribution in [1.29, 1.82) is 5.26 Å². The Morgan fingerprint density at radius 1 is 1.10 bits per heavy atom. The van der Waals surface area contributed by atoms with Gasteiger partial charge >= 0.3 is 6.55 Å². The van der Waals surface area contributed by atoms with Crippen LogP contribution in [0, 0.1) is 16.7 Å². The van der Waals surface area contributed by atoms with Crippen LogP contribution >= 0.6 is 0 Å². The molecule has 6 rings (SSSR count). The zero-order chi connectivity index (χ0) is 28.7. The summed E-state index contributed by atoms with van der Waals surface area (Å²) in [6.45, 7) is -2.79. The van der Waals surface area contributed by atoms with Crippen LogP contribution < -0.4 is 15.8 Å². The van der Waals surface area contributed by atoms with Crippen molar-refractivity contribution in [2.75, 3.05) is 0 Å². The van der Waals surface area contributed by atoms with Gasteiger partial charge in [0.25, 0.3) is 11.8 Å². The standard InChI is InChI=1S/C29H25F2N7O3/c30-28(31)38-15-20(14-34-38)18-6-17(13-32)7-19(8-18)26(40)35-21-9-29(10-21)11-23(12-29)41-27-24(25(33)39)16-37(36-27)22-4-2-1-3-5-22/h1-8,14-16,21,23,28H,9-12H2,(H2,33,39)(H,35,40). The van der Waals surface area contributed by atoms with Crippen molar-refractivity contribution >= 4 is 11.8 Å². The molecule has 0 aliphatic heterocycles. The SMILES string of the molecule is N#Cc1cc(C(=O)NC2CC3(C2)CC(Oc2nn(-c4ccccc4)cc2C(N)=O)C3)cc(-c2cnn(C(F)F)c2)c1. The van der Waals surface area contributed by atoms with Gasteiger partial charge in [-0.2, -0.15) is 19.1 Å². The molecule has 1 spiro atoms. The number of para-hydroxylation sites is 1. The number of rotatable bonds is 8. The lowest BCUT2D eigenvalue weighted by molar-refractivity contribution is -0.0848. The van der Waals surface area contributed by atoms with Crippen molar-refractivity contribution in [1.82, 2.24) is 24.9 Å². The molecule has 41 heavy (non-hydrogen) atoms. The van der Waals surface area contributed by atoms with E-state index in [2.05, 4.69) is 15.5 Å². The number of carbonyl (C=O) groups excluding carboxylic acids is 2. The van der Waals surface area contributed by atoms with E-state index in [4.69, 9.17) is 10.5 Å². The third-order valence-corrected chi connectivity index (χ3v) is 7.72. The first-order chi connectivity index (χ1) is 19.7. The second-order valence-electron chi connectivity index (χ2n) is 10.6. The summed E-state index contributed by atoms with van der Waals surface area (Å²) in [6, 6.07) is 15.9. The fraction of sp³-hybridized carbons (Fsp3) is 0.276. The number of hydrogen-bond acceptors (Lipinski definition) is 6. The van der Waals surface area contributed by atoms with E-state index < -0.39 is 12.5 Å². The molecule has 12 heteroatoms. The number of alkyl halides is 2. The van der Waals surface area contributed by atoms with Gasteiger partial charge in [-0.1, -0.05) is 18.2 Å². The van der Waals surface area contributed by atoms with Gasteiger partial charge in [0.2, 0.25) is 5.88 Å². The number of carbonyl (C=O) groups is 2. The Bertz CT molecular complexity index is 1660. The van der Waals surface area contributed by atoms with Crippen LogP contribution in [0.25, 0.3) is 16.8 Å². The lowest BCUT2D eigenvalue weighted by Gasteiger charge is -2.57. The largest absolute Gasteiger partial charge is 0.473 e. The maximum atomic E-state index is 13.0. The summed E-state index contributed by atoms with van der Waals surface area (Å²) < 4.78 is 34.0. The minimum Gasteiger partial charge on any atom is -0.473 e. The maximum Gasteiger partial charge on any atom is 0.333 e. The molecule has 0 bridgehead atoms. The van der Waals surface area contributed by atoms with Gasteiger partial charge in [0.05, 0.1) is 23.5 Å². The Kier molecular flexibility index (Phi) is 6.49. The van der Waals surface area contributed by atoms with E-state index in [0.717, 1.165) is 31.4 Å². The molecule has 10 nitrogen and oxygen atoms in total. The van der Waals surface area contributed by atoms with Crippen LogP contribution in [0.3, 0.4) is 0 Å². The fourth-order valence-corrected chi connectivity index (χ4v) is 5.75. The van der Waals surface area contributed by atoms with Crippen LogP contribution in [0.5, 0.6) is 5.88 Å². The number of ether oxygens (including phenoxy) is 1. The van der Waals surface area contributed by atoms with Crippen LogP contribution in [0.4, 0.5) is 8.78 Å². The molecule has 2 amide bonds. The zero-order valence-corrected chi connectivity index (χ0v) is 21.7. The number of halogens is 2. The number of hydrogen-bond donors (Lipinski definition) is 2. The van der Waals surface area contributed by atoms with E-state index in [1.54, 1.807) is 16.9 Å². The van der Waals surface area contributed by atoms with Gasteiger partial charge in [-0.15, -0.1) is 5.10 Å². The first kappa shape index (κ1) is 26.2. The minimum atomic E-state index is -2.79. The van der Waals surface area contributed by atoms with Gasteiger partial charge in [0.1, 0.15) is 11.7 Å². The molecular weight excluding hydrogens is 532 g/mol. The number of aromatic nitrogens is 4. The maximum absolute atomic E-state index is 13.0. The molecule has 2 fully saturated rings. The molecule has 208 valence electrons. The van der Waals surface area contributed by atoms with E-state index in [9.17, 15) is 23.6 Å². The van der Waals surface area contributed by atoms with E-state index in [-0.39, 0.29) is 46.0 Å². The first-order valence-electron chi connectivity index (χ1n) is 13.0. The molecule has 2 aromatic carbocycles. The quantitative estimate of drug-likeness (QED) is 0.332. The lowest BCUT2D eigenvalue weighted by Crippen LogP contribution is -2.58. The van der Waals surface area contributed by atoms with Gasteiger partial charge in [-0.05, 0) is 67.0 Å². The van der Waals surface area contributed by atoms with Crippen molar-refractivity contribution in [3.63, 3.8) is 0 Å². The molecule has 2 heterocycles. The Hall–Kier alpha value is -5.05. The van der Waals surface area contributed by atoms with E-state index in [0.29, 0.717) is 15.8 Å². The highest BCUT2D eigenvalue weighted by Gasteiger charge is 2.54. The molecule has 2 aromatic heterocycles.